The third-order valence-corrected chi connectivity index (χ3v) is 7.66. The number of nitrogens with zero attached hydrogens (tertiary/aromatic N) is 2. The lowest BCUT2D eigenvalue weighted by atomic mass is 9.91. The van der Waals surface area contributed by atoms with Crippen molar-refractivity contribution < 1.29 is 23.8 Å². The maximum absolute atomic E-state index is 13.5. The number of nitrogens with one attached hydrogen (secondary N) is 2. The maximum Gasteiger partial charge on any atom is 0.408 e. The fourth-order valence-corrected chi connectivity index (χ4v) is 5.62. The van der Waals surface area contributed by atoms with Gasteiger partial charge in [0.15, 0.2) is 5.69 Å². The minimum atomic E-state index is -0.994. The lowest BCUT2D eigenvalue weighted by Crippen LogP contribution is -2.51. The average molecular weight is 618 g/mol. The molecule has 2 bridgehead atoms. The molecule has 1 aliphatic heterocycles. The normalized spacial score (nSPS) is 19.7. The second-order valence-electron chi connectivity index (χ2n) is 9.36. The van der Waals surface area contributed by atoms with Gasteiger partial charge in [-0.15, -0.1) is 0 Å². The molecule has 3 N–H and O–H groups in total. The van der Waals surface area contributed by atoms with Gasteiger partial charge in [-0.2, -0.15) is 0 Å². The molecule has 3 aromatic rings. The molecule has 1 aromatic heterocycles. The van der Waals surface area contributed by atoms with Crippen LogP contribution in [0.3, 0.4) is 0 Å². The van der Waals surface area contributed by atoms with Gasteiger partial charge in [-0.05, 0) is 71.0 Å². The first-order chi connectivity index (χ1) is 17.8. The Labute approximate surface area is 225 Å². The van der Waals surface area contributed by atoms with Gasteiger partial charge >= 0.3 is 6.09 Å². The number of ether oxygens (including phenoxy) is 1. The first kappa shape index (κ1) is 25.2. The van der Waals surface area contributed by atoms with E-state index in [-0.39, 0.29) is 30.7 Å². The Morgan fingerprint density at radius 3 is 2.76 bits per heavy atom. The Bertz CT molecular complexity index is 1430. The highest BCUT2D eigenvalue weighted by Crippen LogP contribution is 2.45. The second-order valence-corrected chi connectivity index (χ2v) is 10.5. The molecule has 37 heavy (non-hydrogen) atoms. The molecule has 2 aromatic carbocycles. The van der Waals surface area contributed by atoms with Gasteiger partial charge in [-0.3, -0.25) is 14.2 Å². The Balaban J connectivity index is 1.39. The summed E-state index contributed by atoms with van der Waals surface area (Å²) in [6.07, 6.45) is 1.15. The largest absolute Gasteiger partial charge is 0.501 e. The fraction of sp³-hybridized carbons (Fsp3) is 0.308. The second kappa shape index (κ2) is 10.1. The molecule has 1 fully saturated rings. The number of alkyl carbamates (subject to hydrolysis) is 1. The topological polar surface area (TPSA) is 123 Å². The Hall–Kier alpha value is -3.48. The minimum Gasteiger partial charge on any atom is -0.501 e. The number of carbonyl (C=O) groups is 2. The van der Waals surface area contributed by atoms with Crippen LogP contribution in [0.5, 0.6) is 5.75 Å². The van der Waals surface area contributed by atoms with Crippen molar-refractivity contribution in [1.82, 2.24) is 20.2 Å². The molecule has 2 atom stereocenters. The highest BCUT2D eigenvalue weighted by atomic mass is 127. The van der Waals surface area contributed by atoms with Gasteiger partial charge in [0.2, 0.25) is 5.75 Å². The first-order valence-electron chi connectivity index (χ1n) is 11.8. The maximum atomic E-state index is 13.5. The van der Waals surface area contributed by atoms with Crippen molar-refractivity contribution in [2.24, 2.45) is 5.92 Å². The zero-order valence-corrected chi connectivity index (χ0v) is 21.8. The van der Waals surface area contributed by atoms with Crippen molar-refractivity contribution in [3.63, 3.8) is 0 Å². The molecule has 2 amide bonds. The van der Waals surface area contributed by atoms with E-state index in [0.717, 1.165) is 12.0 Å². The molecule has 1 aliphatic carbocycles. The molecule has 0 radical (unpaired) electrons. The van der Waals surface area contributed by atoms with Crippen molar-refractivity contribution in [2.45, 2.75) is 44.5 Å². The van der Waals surface area contributed by atoms with E-state index in [1.807, 2.05) is 52.9 Å². The monoisotopic (exact) mass is 618 g/mol. The molecule has 11 heteroatoms. The van der Waals surface area contributed by atoms with Crippen molar-refractivity contribution in [1.29, 1.82) is 0 Å². The number of hydrogen-bond donors (Lipinski definition) is 3. The van der Waals surface area contributed by atoms with Gasteiger partial charge in [0.1, 0.15) is 23.8 Å². The molecule has 192 valence electrons. The predicted molar refractivity (Wildman–Crippen MR) is 139 cm³/mol. The number of aromatic hydroxyl groups is 1. The van der Waals surface area contributed by atoms with Crippen LogP contribution in [0.4, 0.5) is 9.18 Å². The Kier molecular flexibility index (Phi) is 6.88. The molecule has 5 rings (SSSR count). The molecule has 0 saturated heterocycles. The number of fused-ring (bicyclic) bond motifs is 4. The van der Waals surface area contributed by atoms with Crippen LogP contribution in [0, 0.1) is 15.3 Å². The molecule has 9 nitrogen and oxygen atoms in total. The molecular weight excluding hydrogens is 594 g/mol. The molecule has 0 spiro atoms. The third kappa shape index (κ3) is 5.04. The number of benzene rings is 2. The van der Waals surface area contributed by atoms with Gasteiger partial charge in [-0.1, -0.05) is 36.4 Å². The number of amides is 2. The Morgan fingerprint density at radius 1 is 1.22 bits per heavy atom. The van der Waals surface area contributed by atoms with Crippen LogP contribution in [0.15, 0.2) is 53.3 Å². The van der Waals surface area contributed by atoms with Gasteiger partial charge in [0.05, 0.1) is 0 Å². The van der Waals surface area contributed by atoms with E-state index >= 15 is 0 Å². The quantitative estimate of drug-likeness (QED) is 0.364. The molecule has 2 heterocycles. The average Bonchev–Trinajstić information content (AvgIpc) is 3.23. The van der Waals surface area contributed by atoms with E-state index in [0.29, 0.717) is 28.5 Å². The van der Waals surface area contributed by atoms with Crippen LogP contribution in [-0.2, 0) is 30.0 Å². The number of rotatable bonds is 6. The van der Waals surface area contributed by atoms with E-state index < -0.39 is 34.5 Å². The lowest BCUT2D eigenvalue weighted by molar-refractivity contribution is 0.0940. The van der Waals surface area contributed by atoms with Gasteiger partial charge in [0, 0.05) is 16.7 Å². The van der Waals surface area contributed by atoms with Crippen molar-refractivity contribution in [3.05, 3.63) is 90.9 Å². The summed E-state index contributed by atoms with van der Waals surface area (Å²) in [5.74, 6) is -1.53. The smallest absolute Gasteiger partial charge is 0.408 e. The summed E-state index contributed by atoms with van der Waals surface area (Å²) in [6.45, 7) is 0.469. The summed E-state index contributed by atoms with van der Waals surface area (Å²) >= 11 is 1.85. The van der Waals surface area contributed by atoms with E-state index in [9.17, 15) is 23.9 Å². The molecule has 2 unspecified atom stereocenters. The summed E-state index contributed by atoms with van der Waals surface area (Å²) in [4.78, 5) is 43.2. The summed E-state index contributed by atoms with van der Waals surface area (Å²) in [6, 6.07) is 13.7. The Morgan fingerprint density at radius 2 is 2.00 bits per heavy atom. The lowest BCUT2D eigenvalue weighted by Gasteiger charge is -2.35. The minimum absolute atomic E-state index is 0.0476. The van der Waals surface area contributed by atoms with Crippen molar-refractivity contribution >= 4 is 34.6 Å². The number of aromatic nitrogens is 2. The van der Waals surface area contributed by atoms with Crippen LogP contribution in [-0.4, -0.2) is 26.7 Å². The summed E-state index contributed by atoms with van der Waals surface area (Å²) in [7, 11) is 0. The van der Waals surface area contributed by atoms with Crippen LogP contribution in [0.25, 0.3) is 0 Å². The van der Waals surface area contributed by atoms with E-state index in [2.05, 4.69) is 15.6 Å². The highest BCUT2D eigenvalue weighted by molar-refractivity contribution is 14.1. The predicted octanol–water partition coefficient (Wildman–Crippen LogP) is 3.56. The fourth-order valence-electron chi connectivity index (χ4n) is 5.04. The zero-order chi connectivity index (χ0) is 26.2. The van der Waals surface area contributed by atoms with Gasteiger partial charge < -0.3 is 20.5 Å². The summed E-state index contributed by atoms with van der Waals surface area (Å²) in [5, 5.41) is 16.1. The van der Waals surface area contributed by atoms with Crippen molar-refractivity contribution in [2.75, 3.05) is 0 Å². The highest BCUT2D eigenvalue weighted by Gasteiger charge is 2.49. The standard InChI is InChI=1S/C26H24FIN4O5/c27-18-7-6-16(10-19(18)28)12-29-22(34)20-21(33)23(35)32-13-17-8-9-26(11-17,24(32)30-20)31-25(36)37-14-15-4-2-1-3-5-15/h1-7,10,17,33H,8-9,11-14H2,(H,29,34)(H,31,36). The molecular formula is C26H24FIN4O5. The van der Waals surface area contributed by atoms with Crippen LogP contribution in [0.1, 0.15) is 46.7 Å². The van der Waals surface area contributed by atoms with Crippen molar-refractivity contribution in [3.8, 4) is 5.75 Å². The summed E-state index contributed by atoms with van der Waals surface area (Å²) < 4.78 is 20.7. The third-order valence-electron chi connectivity index (χ3n) is 6.84. The molecule has 2 aliphatic rings. The number of carbonyl (C=O) groups excluding carboxylic acids is 2. The number of halogens is 2. The van der Waals surface area contributed by atoms with Gasteiger partial charge in [-0.25, -0.2) is 14.2 Å². The van der Waals surface area contributed by atoms with E-state index in [4.69, 9.17) is 4.74 Å². The van der Waals surface area contributed by atoms with E-state index in [1.165, 1.54) is 16.7 Å². The number of hydrogen-bond acceptors (Lipinski definition) is 6. The zero-order valence-electron chi connectivity index (χ0n) is 19.7. The van der Waals surface area contributed by atoms with E-state index in [1.54, 1.807) is 6.07 Å². The summed E-state index contributed by atoms with van der Waals surface area (Å²) in [5.41, 5.74) is -0.672. The van der Waals surface area contributed by atoms with Crippen LogP contribution >= 0.6 is 22.6 Å². The first-order valence-corrected chi connectivity index (χ1v) is 12.9. The molecule has 1 saturated carbocycles. The van der Waals surface area contributed by atoms with Crippen LogP contribution < -0.4 is 16.2 Å². The SMILES string of the molecule is O=C(NC12CCC(Cn3c1nc(C(=O)NCc1ccc(F)c(I)c1)c(O)c3=O)C2)OCc1ccccc1. The van der Waals surface area contributed by atoms with Crippen LogP contribution in [0.2, 0.25) is 0 Å². The van der Waals surface area contributed by atoms with Gasteiger partial charge in [0.25, 0.3) is 11.5 Å².